The standard InChI is InChI=1S/C23H21N3O3/c1-28-21-12-7-16(13-22(21)29-2)14-24-23(27)17-8-10-18(11-9-17)26-15-25-19-5-3-4-6-20(19)26/h3-13,15H,14H2,1-2H3,(H,24,27). The summed E-state index contributed by atoms with van der Waals surface area (Å²) < 4.78 is 12.5. The number of carbonyl (C=O) groups excluding carboxylic acids is 1. The van der Waals surface area contributed by atoms with Gasteiger partial charge < -0.3 is 14.8 Å². The van der Waals surface area contributed by atoms with Gasteiger partial charge in [0.05, 0.1) is 25.3 Å². The van der Waals surface area contributed by atoms with Gasteiger partial charge in [-0.3, -0.25) is 9.36 Å². The summed E-state index contributed by atoms with van der Waals surface area (Å²) in [6, 6.07) is 21.0. The van der Waals surface area contributed by atoms with Crippen molar-refractivity contribution in [3.63, 3.8) is 0 Å². The van der Waals surface area contributed by atoms with E-state index in [9.17, 15) is 4.79 Å². The van der Waals surface area contributed by atoms with E-state index in [0.29, 0.717) is 23.6 Å². The fourth-order valence-electron chi connectivity index (χ4n) is 3.21. The van der Waals surface area contributed by atoms with E-state index in [1.807, 2.05) is 71.3 Å². The highest BCUT2D eigenvalue weighted by molar-refractivity contribution is 5.94. The molecule has 6 heteroatoms. The lowest BCUT2D eigenvalue weighted by atomic mass is 10.1. The van der Waals surface area contributed by atoms with Gasteiger partial charge in [-0.2, -0.15) is 0 Å². The Bertz CT molecular complexity index is 1150. The third-order valence-electron chi connectivity index (χ3n) is 4.76. The lowest BCUT2D eigenvalue weighted by Gasteiger charge is -2.11. The molecule has 1 N–H and O–H groups in total. The van der Waals surface area contributed by atoms with Crippen LogP contribution in [0.4, 0.5) is 0 Å². The quantitative estimate of drug-likeness (QED) is 0.544. The first-order valence-corrected chi connectivity index (χ1v) is 9.21. The molecule has 0 fully saturated rings. The molecule has 0 atom stereocenters. The van der Waals surface area contributed by atoms with Gasteiger partial charge in [0.1, 0.15) is 6.33 Å². The Morgan fingerprint density at radius 1 is 0.966 bits per heavy atom. The summed E-state index contributed by atoms with van der Waals surface area (Å²) in [6.45, 7) is 0.396. The van der Waals surface area contributed by atoms with Crippen molar-refractivity contribution in [3.05, 3.63) is 84.2 Å². The van der Waals surface area contributed by atoms with Crippen LogP contribution in [0.15, 0.2) is 73.1 Å². The first-order chi connectivity index (χ1) is 14.2. The molecular formula is C23H21N3O3. The average molecular weight is 387 g/mol. The molecular weight excluding hydrogens is 366 g/mol. The summed E-state index contributed by atoms with van der Waals surface area (Å²) in [7, 11) is 3.18. The number of nitrogens with one attached hydrogen (secondary N) is 1. The van der Waals surface area contributed by atoms with Gasteiger partial charge in [0, 0.05) is 17.8 Å². The van der Waals surface area contributed by atoms with Gasteiger partial charge in [-0.25, -0.2) is 4.98 Å². The molecule has 29 heavy (non-hydrogen) atoms. The molecule has 0 spiro atoms. The first-order valence-electron chi connectivity index (χ1n) is 9.21. The van der Waals surface area contributed by atoms with Crippen molar-refractivity contribution in [3.8, 4) is 17.2 Å². The summed E-state index contributed by atoms with van der Waals surface area (Å²) in [4.78, 5) is 16.9. The molecule has 4 rings (SSSR count). The van der Waals surface area contributed by atoms with Crippen molar-refractivity contribution in [1.29, 1.82) is 0 Å². The van der Waals surface area contributed by atoms with Crippen molar-refractivity contribution in [2.45, 2.75) is 6.54 Å². The number of carbonyl (C=O) groups is 1. The molecule has 1 aromatic heterocycles. The number of nitrogens with zero attached hydrogens (tertiary/aromatic N) is 2. The van der Waals surface area contributed by atoms with E-state index in [2.05, 4.69) is 10.3 Å². The molecule has 4 aromatic rings. The normalized spacial score (nSPS) is 10.7. The number of rotatable bonds is 6. The van der Waals surface area contributed by atoms with E-state index >= 15 is 0 Å². The van der Waals surface area contributed by atoms with Crippen LogP contribution in [0.5, 0.6) is 11.5 Å². The van der Waals surface area contributed by atoms with Gasteiger partial charge in [-0.1, -0.05) is 18.2 Å². The van der Waals surface area contributed by atoms with Crippen LogP contribution >= 0.6 is 0 Å². The van der Waals surface area contributed by atoms with E-state index in [1.165, 1.54) is 0 Å². The van der Waals surface area contributed by atoms with Gasteiger partial charge >= 0.3 is 0 Å². The Balaban J connectivity index is 1.46. The van der Waals surface area contributed by atoms with Crippen molar-refractivity contribution in [2.75, 3.05) is 14.2 Å². The highest BCUT2D eigenvalue weighted by Gasteiger charge is 2.09. The van der Waals surface area contributed by atoms with Crippen LogP contribution in [0.1, 0.15) is 15.9 Å². The highest BCUT2D eigenvalue weighted by Crippen LogP contribution is 2.27. The first kappa shape index (κ1) is 18.6. The number of imidazole rings is 1. The summed E-state index contributed by atoms with van der Waals surface area (Å²) in [6.07, 6.45) is 1.79. The highest BCUT2D eigenvalue weighted by atomic mass is 16.5. The molecule has 3 aromatic carbocycles. The maximum absolute atomic E-state index is 12.5. The van der Waals surface area contributed by atoms with Crippen molar-refractivity contribution in [1.82, 2.24) is 14.9 Å². The number of fused-ring (bicyclic) bond motifs is 1. The monoisotopic (exact) mass is 387 g/mol. The number of aromatic nitrogens is 2. The summed E-state index contributed by atoms with van der Waals surface area (Å²) in [5.41, 5.74) is 4.44. The van der Waals surface area contributed by atoms with Gasteiger partial charge in [0.2, 0.25) is 0 Å². The lowest BCUT2D eigenvalue weighted by Crippen LogP contribution is -2.22. The van der Waals surface area contributed by atoms with Crippen LogP contribution in [-0.4, -0.2) is 29.7 Å². The maximum atomic E-state index is 12.5. The van der Waals surface area contributed by atoms with Crippen molar-refractivity contribution < 1.29 is 14.3 Å². The van der Waals surface area contributed by atoms with Gasteiger partial charge in [0.25, 0.3) is 5.91 Å². The molecule has 0 saturated carbocycles. The number of amides is 1. The molecule has 0 aliphatic rings. The second kappa shape index (κ2) is 8.06. The Morgan fingerprint density at radius 3 is 2.48 bits per heavy atom. The molecule has 1 amide bonds. The number of benzene rings is 3. The van der Waals surface area contributed by atoms with Crippen LogP contribution < -0.4 is 14.8 Å². The SMILES string of the molecule is COc1ccc(CNC(=O)c2ccc(-n3cnc4ccccc43)cc2)cc1OC. The maximum Gasteiger partial charge on any atom is 0.251 e. The lowest BCUT2D eigenvalue weighted by molar-refractivity contribution is 0.0951. The summed E-state index contributed by atoms with van der Waals surface area (Å²) in [5.74, 6) is 1.16. The molecule has 146 valence electrons. The third-order valence-corrected chi connectivity index (χ3v) is 4.76. The second-order valence-electron chi connectivity index (χ2n) is 6.52. The van der Waals surface area contributed by atoms with E-state index < -0.39 is 0 Å². The molecule has 0 unspecified atom stereocenters. The molecule has 0 radical (unpaired) electrons. The molecule has 1 heterocycles. The van der Waals surface area contributed by atoms with Crippen LogP contribution in [0.3, 0.4) is 0 Å². The van der Waals surface area contributed by atoms with Crippen LogP contribution in [0.2, 0.25) is 0 Å². The smallest absolute Gasteiger partial charge is 0.251 e. The van der Waals surface area contributed by atoms with Gasteiger partial charge in [0.15, 0.2) is 11.5 Å². The number of ether oxygens (including phenoxy) is 2. The minimum atomic E-state index is -0.137. The molecule has 0 aliphatic carbocycles. The zero-order chi connectivity index (χ0) is 20.2. The number of methoxy groups -OCH3 is 2. The fraction of sp³-hybridized carbons (Fsp3) is 0.130. The van der Waals surface area contributed by atoms with E-state index in [-0.39, 0.29) is 5.91 Å². The Kier molecular flexibility index (Phi) is 5.16. The Morgan fingerprint density at radius 2 is 1.72 bits per heavy atom. The zero-order valence-electron chi connectivity index (χ0n) is 16.3. The molecule has 6 nitrogen and oxygen atoms in total. The predicted molar refractivity (Wildman–Crippen MR) is 112 cm³/mol. The topological polar surface area (TPSA) is 65.4 Å². The van der Waals surface area contributed by atoms with Crippen LogP contribution in [0, 0.1) is 0 Å². The largest absolute Gasteiger partial charge is 0.493 e. The number of hydrogen-bond donors (Lipinski definition) is 1. The Labute approximate surface area is 168 Å². The van der Waals surface area contributed by atoms with Gasteiger partial charge in [-0.15, -0.1) is 0 Å². The van der Waals surface area contributed by atoms with E-state index in [1.54, 1.807) is 20.5 Å². The minimum absolute atomic E-state index is 0.137. The summed E-state index contributed by atoms with van der Waals surface area (Å²) >= 11 is 0. The second-order valence-corrected chi connectivity index (χ2v) is 6.52. The van der Waals surface area contributed by atoms with Crippen molar-refractivity contribution >= 4 is 16.9 Å². The molecule has 0 bridgehead atoms. The summed E-state index contributed by atoms with van der Waals surface area (Å²) in [5, 5.41) is 2.93. The van der Waals surface area contributed by atoms with Crippen LogP contribution in [0.25, 0.3) is 16.7 Å². The number of para-hydroxylation sites is 2. The molecule has 0 aliphatic heterocycles. The fourth-order valence-corrected chi connectivity index (χ4v) is 3.21. The number of hydrogen-bond acceptors (Lipinski definition) is 4. The van der Waals surface area contributed by atoms with E-state index in [0.717, 1.165) is 22.3 Å². The van der Waals surface area contributed by atoms with Gasteiger partial charge in [-0.05, 0) is 54.1 Å². The van der Waals surface area contributed by atoms with Crippen molar-refractivity contribution in [2.24, 2.45) is 0 Å². The average Bonchev–Trinajstić information content (AvgIpc) is 3.21. The third kappa shape index (κ3) is 3.78. The predicted octanol–water partition coefficient (Wildman–Crippen LogP) is 3.97. The van der Waals surface area contributed by atoms with E-state index in [4.69, 9.17) is 9.47 Å². The van der Waals surface area contributed by atoms with Crippen LogP contribution in [-0.2, 0) is 6.54 Å². The Hall–Kier alpha value is -3.80. The minimum Gasteiger partial charge on any atom is -0.493 e. The molecule has 0 saturated heterocycles. The zero-order valence-corrected chi connectivity index (χ0v) is 16.3.